The van der Waals surface area contributed by atoms with Crippen LogP contribution in [0, 0.1) is 11.3 Å². The summed E-state index contributed by atoms with van der Waals surface area (Å²) >= 11 is 0. The van der Waals surface area contributed by atoms with Crippen molar-refractivity contribution >= 4 is 46.1 Å². The van der Waals surface area contributed by atoms with Gasteiger partial charge in [-0.25, -0.2) is 4.79 Å². The van der Waals surface area contributed by atoms with E-state index in [2.05, 4.69) is 5.32 Å². The fourth-order valence-corrected chi connectivity index (χ4v) is 5.48. The van der Waals surface area contributed by atoms with Gasteiger partial charge in [0.2, 0.25) is 12.2 Å². The number of aliphatic hydroxyl groups excluding tert-OH is 3. The van der Waals surface area contributed by atoms with Gasteiger partial charge in [0.25, 0.3) is 11.8 Å². The van der Waals surface area contributed by atoms with E-state index in [1.807, 2.05) is 0 Å². The van der Waals surface area contributed by atoms with Crippen molar-refractivity contribution in [2.45, 2.75) is 116 Å². The maximum atomic E-state index is 12.6. The van der Waals surface area contributed by atoms with Crippen molar-refractivity contribution in [3.63, 3.8) is 0 Å². The second-order valence-electron chi connectivity index (χ2n) is 14.2. The Kier molecular flexibility index (Phi) is 18.7. The summed E-state index contributed by atoms with van der Waals surface area (Å²) in [4.78, 5) is 73.3. The third kappa shape index (κ3) is 15.6. The molecule has 6 atom stereocenters. The minimum absolute atomic E-state index is 0.0299. The first-order valence-corrected chi connectivity index (χ1v) is 18.7. The second-order valence-corrected chi connectivity index (χ2v) is 14.6. The third-order valence-corrected chi connectivity index (χ3v) is 8.61. The quantitative estimate of drug-likeness (QED) is 0.0727. The van der Waals surface area contributed by atoms with Gasteiger partial charge >= 0.3 is 22.5 Å². The van der Waals surface area contributed by atoms with E-state index in [0.717, 1.165) is 5.56 Å². The molecule has 1 fully saturated rings. The van der Waals surface area contributed by atoms with Crippen LogP contribution in [0.15, 0.2) is 30.4 Å². The summed E-state index contributed by atoms with van der Waals surface area (Å²) in [6.45, 7) is 7.51. The van der Waals surface area contributed by atoms with E-state index >= 15 is 0 Å². The zero-order valence-electron chi connectivity index (χ0n) is 31.2. The van der Waals surface area contributed by atoms with E-state index in [9.17, 15) is 49.2 Å². The molecule has 0 aliphatic carbocycles. The number of nitrogens with zero attached hydrogens (tertiary/aromatic N) is 1. The zero-order chi connectivity index (χ0) is 41.5. The topological polar surface area (TPSA) is 278 Å². The first-order valence-electron chi connectivity index (χ1n) is 17.7. The second kappa shape index (κ2) is 22.1. The lowest BCUT2D eigenvalue weighted by molar-refractivity contribution is -0.271. The van der Waals surface area contributed by atoms with Gasteiger partial charge in [0.05, 0.1) is 5.41 Å². The summed E-state index contributed by atoms with van der Waals surface area (Å²) in [5, 5.41) is 42.7. The van der Waals surface area contributed by atoms with Crippen molar-refractivity contribution in [1.82, 2.24) is 10.2 Å². The number of unbranched alkanes of at least 4 members (excludes halogenated alkanes) is 3. The zero-order valence-corrected chi connectivity index (χ0v) is 32.0. The van der Waals surface area contributed by atoms with Crippen LogP contribution in [0.1, 0.15) is 83.8 Å². The number of aliphatic carboxylic acids is 1. The number of aliphatic hydroxyl groups is 3. The third-order valence-electron chi connectivity index (χ3n) is 8.61. The number of carboxylic acid groups (broad SMARTS) is 1. The van der Waals surface area contributed by atoms with Gasteiger partial charge in [-0.15, -0.1) is 12.6 Å². The highest BCUT2D eigenvalue weighted by Crippen LogP contribution is 2.28. The van der Waals surface area contributed by atoms with Gasteiger partial charge in [-0.3, -0.25) is 28.9 Å². The Hall–Kier alpha value is -4.56. The van der Waals surface area contributed by atoms with E-state index in [0.29, 0.717) is 63.6 Å². The van der Waals surface area contributed by atoms with Crippen molar-refractivity contribution < 1.29 is 76.0 Å². The Morgan fingerprint density at radius 1 is 0.909 bits per heavy atom. The highest BCUT2D eigenvalue weighted by Gasteiger charge is 2.48. The lowest BCUT2D eigenvalue weighted by atomic mass is 9.97. The Balaban J connectivity index is 0.00000248. The molecule has 19 heteroatoms. The molecule has 55 heavy (non-hydrogen) atoms. The standard InChI is InChI=1S/C36H50N2O13.O3S/c1-21(18-24(39)11-6-5-9-17-38-26(40)14-15-27(38)41)32(45)37-16-8-7-10-22-19-25(13-12-23(22)20-49-35(48)36(2,3)4)50-34-30(44)28(42)29(43)31(51-34)33(46)47;1-4(2)3/h12-15,19,21,28-31,34,42-44H,5-11,16-18,20H2,1-4H3,(H,37,45)(H,46,47);/t21-,28+,29+,30-,31+,34-;/m1./s1. The number of esters is 1. The summed E-state index contributed by atoms with van der Waals surface area (Å²) in [5.41, 5.74) is 0.672. The average Bonchev–Trinajstić information content (AvgIpc) is 3.42. The number of ether oxygens (including phenoxy) is 3. The SMILES string of the molecule is C[C@H](CC(=O)CCCCCN1C(=O)C=CC1=O)C(=O)NCCCCc1cc(O[C@@H]2O[C@H](C(=O)O)[C@@H](O)[C@H](O)[C@H]2O)ccc1COC(=O)C(C)(C)C.O=S(=O)=O. The van der Waals surface area contributed by atoms with E-state index in [1.165, 1.54) is 23.1 Å². The smallest absolute Gasteiger partial charge is 0.425 e. The minimum atomic E-state index is -3.11. The molecule has 3 amide bonds. The molecule has 5 N–H and O–H groups in total. The van der Waals surface area contributed by atoms with E-state index in [4.69, 9.17) is 26.8 Å². The lowest BCUT2D eigenvalue weighted by Gasteiger charge is -2.38. The predicted molar refractivity (Wildman–Crippen MR) is 189 cm³/mol. The number of aryl methyl sites for hydroxylation is 1. The number of carbonyl (C=O) groups is 6. The van der Waals surface area contributed by atoms with Gasteiger partial charge < -0.3 is 40.0 Å². The molecule has 0 radical (unpaired) electrons. The number of hydrogen-bond donors (Lipinski definition) is 5. The summed E-state index contributed by atoms with van der Waals surface area (Å²) < 4.78 is 41.8. The van der Waals surface area contributed by atoms with Crippen LogP contribution in [-0.4, -0.2) is 117 Å². The van der Waals surface area contributed by atoms with Crippen molar-refractivity contribution in [2.24, 2.45) is 11.3 Å². The molecular weight excluding hydrogens is 748 g/mol. The fraction of sp³-hybridized carbons (Fsp3) is 0.611. The molecule has 2 aliphatic heterocycles. The first kappa shape index (κ1) is 46.6. The van der Waals surface area contributed by atoms with Crippen LogP contribution in [0.3, 0.4) is 0 Å². The fourth-order valence-electron chi connectivity index (χ4n) is 5.48. The van der Waals surface area contributed by atoms with E-state index in [-0.39, 0.29) is 42.3 Å². The molecule has 2 aliphatic rings. The maximum absolute atomic E-state index is 12.6. The molecule has 2 heterocycles. The lowest BCUT2D eigenvalue weighted by Crippen LogP contribution is -2.61. The van der Waals surface area contributed by atoms with Crippen LogP contribution in [0.2, 0.25) is 0 Å². The normalized spacial score (nSPS) is 21.3. The number of amides is 3. The molecule has 1 aromatic rings. The van der Waals surface area contributed by atoms with Gasteiger partial charge in [-0.2, -0.15) is 0 Å². The molecule has 1 aromatic carbocycles. The van der Waals surface area contributed by atoms with Crippen molar-refractivity contribution in [3.8, 4) is 5.75 Å². The summed E-state index contributed by atoms with van der Waals surface area (Å²) in [5.74, 6) is -3.21. The van der Waals surface area contributed by atoms with Crippen LogP contribution >= 0.6 is 0 Å². The number of ketones is 1. The molecule has 0 bridgehead atoms. The number of imide groups is 1. The van der Waals surface area contributed by atoms with Crippen molar-refractivity contribution in [2.75, 3.05) is 13.1 Å². The highest BCUT2D eigenvalue weighted by molar-refractivity contribution is 7.59. The monoisotopic (exact) mass is 798 g/mol. The number of Topliss-reactive ketones (excluding diaryl/α,β-unsaturated/α-hetero) is 1. The van der Waals surface area contributed by atoms with Crippen LogP contribution in [-0.2, 0) is 61.9 Å². The Morgan fingerprint density at radius 2 is 1.55 bits per heavy atom. The average molecular weight is 799 g/mol. The van der Waals surface area contributed by atoms with Gasteiger partial charge in [-0.1, -0.05) is 19.4 Å². The molecule has 0 unspecified atom stereocenters. The largest absolute Gasteiger partial charge is 0.479 e. The van der Waals surface area contributed by atoms with Gasteiger partial charge in [0.15, 0.2) is 6.10 Å². The van der Waals surface area contributed by atoms with Crippen molar-refractivity contribution in [1.29, 1.82) is 0 Å². The van der Waals surface area contributed by atoms with Crippen molar-refractivity contribution in [3.05, 3.63) is 41.5 Å². The Bertz CT molecular complexity index is 1650. The summed E-state index contributed by atoms with van der Waals surface area (Å²) in [7, 11) is -3.11. The van der Waals surface area contributed by atoms with Crippen LogP contribution < -0.4 is 10.1 Å². The molecule has 0 saturated carbocycles. The molecule has 1 saturated heterocycles. The molecule has 306 valence electrons. The highest BCUT2D eigenvalue weighted by atomic mass is 32.2. The number of rotatable bonds is 19. The summed E-state index contributed by atoms with van der Waals surface area (Å²) in [6.07, 6.45) is -2.45. The van der Waals surface area contributed by atoms with E-state index in [1.54, 1.807) is 39.8 Å². The predicted octanol–water partition coefficient (Wildman–Crippen LogP) is 0.562. The molecular formula is C36H50N2O16S. The van der Waals surface area contributed by atoms with Crippen LogP contribution in [0.25, 0.3) is 0 Å². The molecule has 0 spiro atoms. The molecule has 0 aromatic heterocycles. The molecule has 18 nitrogen and oxygen atoms in total. The number of benzene rings is 1. The number of hydrogen-bond acceptors (Lipinski definition) is 15. The Labute approximate surface area is 319 Å². The van der Waals surface area contributed by atoms with E-state index < -0.39 is 64.6 Å². The maximum Gasteiger partial charge on any atom is 0.425 e. The van der Waals surface area contributed by atoms with Gasteiger partial charge in [0.1, 0.15) is 36.5 Å². The van der Waals surface area contributed by atoms with Gasteiger partial charge in [0, 0.05) is 44.0 Å². The van der Waals surface area contributed by atoms with Crippen LogP contribution in [0.5, 0.6) is 5.75 Å². The number of carbonyl (C=O) groups excluding carboxylic acids is 5. The van der Waals surface area contributed by atoms with Crippen LogP contribution in [0.4, 0.5) is 0 Å². The minimum Gasteiger partial charge on any atom is -0.479 e. The van der Waals surface area contributed by atoms with Gasteiger partial charge in [-0.05, 0) is 76.1 Å². The summed E-state index contributed by atoms with van der Waals surface area (Å²) in [6, 6.07) is 4.80. The molecule has 3 rings (SSSR count). The number of carboxylic acids is 1. The number of nitrogens with one attached hydrogen (secondary N) is 1. The Morgan fingerprint density at radius 3 is 2.15 bits per heavy atom. The first-order chi connectivity index (χ1) is 25.7.